The minimum atomic E-state index is -1.41. The lowest BCUT2D eigenvalue weighted by Gasteiger charge is -2.15. The summed E-state index contributed by atoms with van der Waals surface area (Å²) in [5.41, 5.74) is 0. The van der Waals surface area contributed by atoms with Crippen LogP contribution in [0.2, 0.25) is 0 Å². The molecule has 2 atom stereocenters. The van der Waals surface area contributed by atoms with Crippen LogP contribution in [-0.4, -0.2) is 28.9 Å². The molecule has 0 saturated carbocycles. The van der Waals surface area contributed by atoms with E-state index in [0.29, 0.717) is 0 Å². The number of carbonyl (C=O) groups excluding carboxylic acids is 2. The fourth-order valence-electron chi connectivity index (χ4n) is 1.26. The van der Waals surface area contributed by atoms with Gasteiger partial charge < -0.3 is 9.84 Å². The van der Waals surface area contributed by atoms with E-state index in [-0.39, 0.29) is 11.7 Å². The Hall–Kier alpha value is -1.33. The Morgan fingerprint density at radius 1 is 1.33 bits per heavy atom. The van der Waals surface area contributed by atoms with Gasteiger partial charge >= 0.3 is 5.97 Å². The Morgan fingerprint density at radius 3 is 2.50 bits per heavy atom. The third kappa shape index (κ3) is 4.16. The van der Waals surface area contributed by atoms with Gasteiger partial charge in [-0.15, -0.1) is 0 Å². The van der Waals surface area contributed by atoms with Crippen LogP contribution >= 0.6 is 11.8 Å². The van der Waals surface area contributed by atoms with Crippen molar-refractivity contribution in [1.29, 1.82) is 0 Å². The molecule has 1 aromatic carbocycles. The van der Waals surface area contributed by atoms with E-state index in [0.717, 1.165) is 16.7 Å². The summed E-state index contributed by atoms with van der Waals surface area (Å²) < 4.78 is 4.67. The van der Waals surface area contributed by atoms with E-state index in [2.05, 4.69) is 4.74 Å². The predicted octanol–water partition coefficient (Wildman–Crippen LogP) is 1.87. The number of rotatable bonds is 5. The average molecular weight is 268 g/mol. The van der Waals surface area contributed by atoms with Gasteiger partial charge in [0.2, 0.25) is 0 Å². The van der Waals surface area contributed by atoms with Gasteiger partial charge in [-0.05, 0) is 19.1 Å². The van der Waals surface area contributed by atoms with Gasteiger partial charge in [0.05, 0.1) is 12.5 Å². The summed E-state index contributed by atoms with van der Waals surface area (Å²) >= 11 is 1.01. The number of hydrogen-bond donors (Lipinski definition) is 1. The molecule has 98 valence electrons. The monoisotopic (exact) mass is 268 g/mol. The largest absolute Gasteiger partial charge is 0.464 e. The molecule has 1 N–H and O–H groups in total. The van der Waals surface area contributed by atoms with Gasteiger partial charge in [0, 0.05) is 4.90 Å². The number of aliphatic hydroxyl groups excluding tert-OH is 1. The number of aliphatic hydroxyl groups is 1. The van der Waals surface area contributed by atoms with Crippen molar-refractivity contribution < 1.29 is 19.4 Å². The van der Waals surface area contributed by atoms with Gasteiger partial charge in [-0.25, -0.2) is 4.79 Å². The molecule has 0 radical (unpaired) electrons. The fourth-order valence-corrected chi connectivity index (χ4v) is 2.10. The molecule has 1 rings (SSSR count). The summed E-state index contributed by atoms with van der Waals surface area (Å²) in [4.78, 5) is 23.9. The second kappa shape index (κ2) is 7.18. The lowest BCUT2D eigenvalue weighted by Crippen LogP contribution is -2.33. The standard InChI is InChI=1S/C13H16O4S/c1-3-17-12(15)11(14)9(2)13(16)18-10-7-5-4-6-8-10/h4-9,11,14H,3H2,1-2H3/t9-,11+/m1/s1. The molecule has 0 heterocycles. The molecule has 0 unspecified atom stereocenters. The van der Waals surface area contributed by atoms with Gasteiger partial charge in [-0.3, -0.25) is 4.79 Å². The van der Waals surface area contributed by atoms with Crippen LogP contribution in [-0.2, 0) is 14.3 Å². The maximum Gasteiger partial charge on any atom is 0.335 e. The molecule has 0 saturated heterocycles. The number of carbonyl (C=O) groups is 2. The minimum Gasteiger partial charge on any atom is -0.464 e. The van der Waals surface area contributed by atoms with Gasteiger partial charge in [-0.1, -0.05) is 36.9 Å². The van der Waals surface area contributed by atoms with Crippen molar-refractivity contribution in [3.05, 3.63) is 30.3 Å². The lowest BCUT2D eigenvalue weighted by molar-refractivity contribution is -0.157. The predicted molar refractivity (Wildman–Crippen MR) is 69.1 cm³/mol. The van der Waals surface area contributed by atoms with E-state index in [1.165, 1.54) is 6.92 Å². The molecule has 4 nitrogen and oxygen atoms in total. The van der Waals surface area contributed by atoms with Crippen molar-refractivity contribution >= 4 is 22.8 Å². The summed E-state index contributed by atoms with van der Waals surface area (Å²) in [6.45, 7) is 3.35. The van der Waals surface area contributed by atoms with Crippen LogP contribution in [0.1, 0.15) is 13.8 Å². The Kier molecular flexibility index (Phi) is 5.88. The molecule has 0 aliphatic rings. The number of hydrogen-bond acceptors (Lipinski definition) is 5. The van der Waals surface area contributed by atoms with Crippen LogP contribution < -0.4 is 0 Å². The SMILES string of the molecule is CCOC(=O)[C@@H](O)[C@@H](C)C(=O)Sc1ccccc1. The molecule has 0 aromatic heterocycles. The zero-order valence-electron chi connectivity index (χ0n) is 10.3. The molecule has 0 spiro atoms. The van der Waals surface area contributed by atoms with Crippen LogP contribution in [0.25, 0.3) is 0 Å². The number of esters is 1. The summed E-state index contributed by atoms with van der Waals surface area (Å²) in [6, 6.07) is 9.09. The quantitative estimate of drug-likeness (QED) is 0.652. The first-order chi connectivity index (χ1) is 8.56. The minimum absolute atomic E-state index is 0.183. The number of thioether (sulfide) groups is 1. The summed E-state index contributed by atoms with van der Waals surface area (Å²) in [5, 5.41) is 9.39. The van der Waals surface area contributed by atoms with E-state index < -0.39 is 18.0 Å². The second-order valence-electron chi connectivity index (χ2n) is 3.72. The van der Waals surface area contributed by atoms with Crippen molar-refractivity contribution in [2.45, 2.75) is 24.8 Å². The average Bonchev–Trinajstić information content (AvgIpc) is 2.38. The van der Waals surface area contributed by atoms with Crippen LogP contribution in [0.3, 0.4) is 0 Å². The van der Waals surface area contributed by atoms with Crippen LogP contribution in [0.5, 0.6) is 0 Å². The fraction of sp³-hybridized carbons (Fsp3) is 0.385. The molecule has 5 heteroatoms. The van der Waals surface area contributed by atoms with Crippen molar-refractivity contribution in [3.8, 4) is 0 Å². The first-order valence-corrected chi connectivity index (χ1v) is 6.49. The molecule has 18 heavy (non-hydrogen) atoms. The molecule has 0 aliphatic carbocycles. The van der Waals surface area contributed by atoms with Crippen LogP contribution in [0, 0.1) is 5.92 Å². The first-order valence-electron chi connectivity index (χ1n) is 5.67. The van der Waals surface area contributed by atoms with Crippen LogP contribution in [0.4, 0.5) is 0 Å². The smallest absolute Gasteiger partial charge is 0.335 e. The Labute approximate surface area is 110 Å². The van der Waals surface area contributed by atoms with Crippen molar-refractivity contribution in [2.75, 3.05) is 6.61 Å². The molecular formula is C13H16O4S. The highest BCUT2D eigenvalue weighted by Gasteiger charge is 2.29. The number of benzene rings is 1. The molecule has 1 aromatic rings. The Morgan fingerprint density at radius 2 is 1.94 bits per heavy atom. The topological polar surface area (TPSA) is 63.6 Å². The maximum atomic E-state index is 11.9. The van der Waals surface area contributed by atoms with Crippen LogP contribution in [0.15, 0.2) is 35.2 Å². The zero-order valence-corrected chi connectivity index (χ0v) is 11.1. The zero-order chi connectivity index (χ0) is 13.5. The Bertz CT molecular complexity index is 405. The molecule has 0 bridgehead atoms. The summed E-state index contributed by atoms with van der Waals surface area (Å²) in [6.07, 6.45) is -1.41. The highest BCUT2D eigenvalue weighted by molar-refractivity contribution is 8.13. The maximum absolute atomic E-state index is 11.9. The molecular weight excluding hydrogens is 252 g/mol. The lowest BCUT2D eigenvalue weighted by atomic mass is 10.1. The summed E-state index contributed by atoms with van der Waals surface area (Å²) in [7, 11) is 0. The van der Waals surface area contributed by atoms with E-state index in [1.807, 2.05) is 18.2 Å². The van der Waals surface area contributed by atoms with Gasteiger partial charge in [0.25, 0.3) is 0 Å². The van der Waals surface area contributed by atoms with E-state index in [1.54, 1.807) is 19.1 Å². The van der Waals surface area contributed by atoms with Crippen molar-refractivity contribution in [2.24, 2.45) is 5.92 Å². The van der Waals surface area contributed by atoms with Crippen molar-refractivity contribution in [1.82, 2.24) is 0 Å². The molecule has 0 aliphatic heterocycles. The van der Waals surface area contributed by atoms with Gasteiger partial charge in [0.15, 0.2) is 11.2 Å². The Balaban J connectivity index is 2.58. The van der Waals surface area contributed by atoms with Gasteiger partial charge in [0.1, 0.15) is 0 Å². The second-order valence-corrected chi connectivity index (χ2v) is 4.80. The van der Waals surface area contributed by atoms with E-state index in [4.69, 9.17) is 0 Å². The summed E-state index contributed by atoms with van der Waals surface area (Å²) in [5.74, 6) is -1.55. The molecule has 0 amide bonds. The number of ether oxygens (including phenoxy) is 1. The highest BCUT2D eigenvalue weighted by Crippen LogP contribution is 2.23. The molecule has 0 fully saturated rings. The van der Waals surface area contributed by atoms with E-state index in [9.17, 15) is 14.7 Å². The van der Waals surface area contributed by atoms with Crippen molar-refractivity contribution in [3.63, 3.8) is 0 Å². The van der Waals surface area contributed by atoms with E-state index >= 15 is 0 Å². The third-order valence-electron chi connectivity index (χ3n) is 2.34. The third-order valence-corrected chi connectivity index (χ3v) is 3.42. The highest BCUT2D eigenvalue weighted by atomic mass is 32.2. The van der Waals surface area contributed by atoms with Gasteiger partial charge in [-0.2, -0.15) is 0 Å². The normalized spacial score (nSPS) is 13.7. The first kappa shape index (κ1) is 14.7.